The maximum absolute atomic E-state index is 14.9. The molecule has 2 fully saturated rings. The standard InChI is InChI=1S/C18H19ClFN3O4.ClH/c19-13-14-10(16(24)11(17(25)26)6-23(14)9-1-2-9)5-12(20)15(13)22-4-3-18(27,7-21)8-22;/h5-6,9,27H,1-4,7-8,21H2,(H,25,26);1H. The molecular weight excluding hydrogens is 412 g/mol. The maximum Gasteiger partial charge on any atom is 0.341 e. The van der Waals surface area contributed by atoms with Crippen molar-refractivity contribution in [2.45, 2.75) is 30.9 Å². The van der Waals surface area contributed by atoms with Crippen LogP contribution in [0.5, 0.6) is 0 Å². The predicted molar refractivity (Wildman–Crippen MR) is 106 cm³/mol. The second-order valence-corrected chi connectivity index (χ2v) is 7.71. The summed E-state index contributed by atoms with van der Waals surface area (Å²) in [5.74, 6) is -2.08. The van der Waals surface area contributed by atoms with Gasteiger partial charge < -0.3 is 25.4 Å². The number of hydrogen-bond acceptors (Lipinski definition) is 5. The Labute approximate surface area is 170 Å². The molecule has 2 heterocycles. The van der Waals surface area contributed by atoms with Crippen LogP contribution < -0.4 is 16.1 Å². The lowest BCUT2D eigenvalue weighted by atomic mass is 10.0. The zero-order valence-corrected chi connectivity index (χ0v) is 16.4. The molecule has 0 bridgehead atoms. The minimum atomic E-state index is -1.36. The number of β-amino-alcohol motifs (C(OH)–C–C–N with tert-alkyl or cyclic N) is 1. The molecule has 2 aromatic rings. The number of aromatic carboxylic acids is 1. The molecule has 2 aliphatic rings. The minimum absolute atomic E-state index is 0. The number of carboxylic acid groups (broad SMARTS) is 1. The molecule has 1 saturated heterocycles. The summed E-state index contributed by atoms with van der Waals surface area (Å²) in [6, 6.07) is 1.07. The van der Waals surface area contributed by atoms with Crippen molar-refractivity contribution in [2.75, 3.05) is 24.5 Å². The molecule has 10 heteroatoms. The zero-order valence-electron chi connectivity index (χ0n) is 14.8. The van der Waals surface area contributed by atoms with E-state index in [1.165, 1.54) is 6.20 Å². The van der Waals surface area contributed by atoms with Gasteiger partial charge in [0.25, 0.3) is 0 Å². The summed E-state index contributed by atoms with van der Waals surface area (Å²) in [5, 5.41) is 19.7. The fourth-order valence-electron chi connectivity index (χ4n) is 3.73. The van der Waals surface area contributed by atoms with Gasteiger partial charge in [-0.1, -0.05) is 11.6 Å². The third kappa shape index (κ3) is 3.24. The second-order valence-electron chi connectivity index (χ2n) is 7.33. The van der Waals surface area contributed by atoms with Crippen LogP contribution in [-0.4, -0.2) is 46.0 Å². The Morgan fingerprint density at radius 3 is 2.64 bits per heavy atom. The molecule has 4 rings (SSSR count). The number of aromatic nitrogens is 1. The van der Waals surface area contributed by atoms with E-state index >= 15 is 0 Å². The van der Waals surface area contributed by atoms with Gasteiger partial charge in [-0.15, -0.1) is 12.4 Å². The SMILES string of the molecule is Cl.NCC1(O)CCN(c2c(F)cc3c(=O)c(C(=O)O)cn(C4CC4)c3c2Cl)C1. The molecular formula is C18H20Cl2FN3O4. The van der Waals surface area contributed by atoms with Crippen LogP contribution in [0.1, 0.15) is 35.7 Å². The normalized spacial score (nSPS) is 21.8. The molecule has 7 nitrogen and oxygen atoms in total. The molecule has 1 aliphatic carbocycles. The summed E-state index contributed by atoms with van der Waals surface area (Å²) in [4.78, 5) is 25.6. The van der Waals surface area contributed by atoms with Gasteiger partial charge in [0.15, 0.2) is 0 Å². The van der Waals surface area contributed by atoms with Crippen LogP contribution in [0, 0.1) is 5.82 Å². The van der Waals surface area contributed by atoms with E-state index in [1.807, 2.05) is 0 Å². The number of benzene rings is 1. The van der Waals surface area contributed by atoms with E-state index in [0.29, 0.717) is 18.5 Å². The number of halogens is 3. The molecule has 1 aromatic carbocycles. The molecule has 0 radical (unpaired) electrons. The summed E-state index contributed by atoms with van der Waals surface area (Å²) in [6.45, 7) is 0.550. The van der Waals surface area contributed by atoms with Gasteiger partial charge in [-0.3, -0.25) is 4.79 Å². The number of pyridine rings is 1. The van der Waals surface area contributed by atoms with Crippen molar-refractivity contribution < 1.29 is 19.4 Å². The second kappa shape index (κ2) is 7.18. The summed E-state index contributed by atoms with van der Waals surface area (Å²) < 4.78 is 16.6. The van der Waals surface area contributed by atoms with Gasteiger partial charge in [0, 0.05) is 31.9 Å². The summed E-state index contributed by atoms with van der Waals surface area (Å²) in [5.41, 5.74) is 3.75. The number of carboxylic acids is 1. The Hall–Kier alpha value is -1.87. The van der Waals surface area contributed by atoms with Crippen molar-refractivity contribution in [1.82, 2.24) is 4.57 Å². The Balaban J connectivity index is 0.00000225. The number of fused-ring (bicyclic) bond motifs is 1. The number of hydrogen-bond donors (Lipinski definition) is 3. The molecule has 1 aliphatic heterocycles. The maximum atomic E-state index is 14.9. The van der Waals surface area contributed by atoms with Crippen LogP contribution in [-0.2, 0) is 0 Å². The first-order valence-electron chi connectivity index (χ1n) is 8.73. The minimum Gasteiger partial charge on any atom is -0.477 e. The highest BCUT2D eigenvalue weighted by Crippen LogP contribution is 2.43. The first-order valence-corrected chi connectivity index (χ1v) is 9.11. The molecule has 0 amide bonds. The summed E-state index contributed by atoms with van der Waals surface area (Å²) >= 11 is 6.54. The van der Waals surface area contributed by atoms with Gasteiger partial charge in [-0.2, -0.15) is 0 Å². The number of rotatable bonds is 4. The van der Waals surface area contributed by atoms with E-state index in [1.54, 1.807) is 9.47 Å². The van der Waals surface area contributed by atoms with Crippen molar-refractivity contribution in [3.8, 4) is 0 Å². The van der Waals surface area contributed by atoms with E-state index in [4.69, 9.17) is 17.3 Å². The first-order chi connectivity index (χ1) is 12.8. The lowest BCUT2D eigenvalue weighted by molar-refractivity contribution is 0.0693. The van der Waals surface area contributed by atoms with Gasteiger partial charge >= 0.3 is 5.97 Å². The smallest absolute Gasteiger partial charge is 0.341 e. The van der Waals surface area contributed by atoms with Gasteiger partial charge in [0.2, 0.25) is 5.43 Å². The Morgan fingerprint density at radius 1 is 1.43 bits per heavy atom. The predicted octanol–water partition coefficient (Wildman–Crippen LogP) is 2.15. The van der Waals surface area contributed by atoms with Gasteiger partial charge in [-0.05, 0) is 25.3 Å². The van der Waals surface area contributed by atoms with Crippen molar-refractivity contribution in [3.05, 3.63) is 38.9 Å². The molecule has 1 atom stereocenters. The third-order valence-corrected chi connectivity index (χ3v) is 5.74. The van der Waals surface area contributed by atoms with Crippen molar-refractivity contribution in [2.24, 2.45) is 5.73 Å². The molecule has 1 saturated carbocycles. The average molecular weight is 432 g/mol. The lowest BCUT2D eigenvalue weighted by Gasteiger charge is -2.25. The largest absolute Gasteiger partial charge is 0.477 e. The molecule has 4 N–H and O–H groups in total. The summed E-state index contributed by atoms with van der Waals surface area (Å²) in [6.07, 6.45) is 3.33. The molecule has 28 heavy (non-hydrogen) atoms. The number of aliphatic hydroxyl groups is 1. The Morgan fingerprint density at radius 2 is 2.11 bits per heavy atom. The van der Waals surface area contributed by atoms with Crippen LogP contribution in [0.15, 0.2) is 17.1 Å². The fourth-order valence-corrected chi connectivity index (χ4v) is 4.14. The first kappa shape index (κ1) is 20.9. The average Bonchev–Trinajstić information content (AvgIpc) is 3.38. The summed E-state index contributed by atoms with van der Waals surface area (Å²) in [7, 11) is 0. The van der Waals surface area contributed by atoms with Crippen LogP contribution in [0.3, 0.4) is 0 Å². The van der Waals surface area contributed by atoms with Crippen molar-refractivity contribution in [1.29, 1.82) is 0 Å². The highest BCUT2D eigenvalue weighted by molar-refractivity contribution is 6.38. The zero-order chi connectivity index (χ0) is 19.5. The molecule has 152 valence electrons. The quantitative estimate of drug-likeness (QED) is 0.684. The lowest BCUT2D eigenvalue weighted by Crippen LogP contribution is -2.40. The monoisotopic (exact) mass is 431 g/mol. The van der Waals surface area contributed by atoms with Crippen molar-refractivity contribution >= 4 is 46.6 Å². The number of carbonyl (C=O) groups is 1. The van der Waals surface area contributed by atoms with Gasteiger partial charge in [0.05, 0.1) is 27.2 Å². The molecule has 0 spiro atoms. The van der Waals surface area contributed by atoms with Crippen LogP contribution >= 0.6 is 24.0 Å². The van der Waals surface area contributed by atoms with E-state index < -0.39 is 28.4 Å². The topological polar surface area (TPSA) is 109 Å². The van der Waals surface area contributed by atoms with E-state index in [0.717, 1.165) is 18.9 Å². The van der Waals surface area contributed by atoms with E-state index in [9.17, 15) is 24.2 Å². The van der Waals surface area contributed by atoms with E-state index in [-0.39, 0.29) is 47.6 Å². The molecule has 1 unspecified atom stereocenters. The van der Waals surface area contributed by atoms with E-state index in [2.05, 4.69) is 0 Å². The van der Waals surface area contributed by atoms with Gasteiger partial charge in [0.1, 0.15) is 11.4 Å². The fraction of sp³-hybridized carbons (Fsp3) is 0.444. The molecule has 1 aromatic heterocycles. The third-order valence-electron chi connectivity index (χ3n) is 5.38. The highest BCUT2D eigenvalue weighted by Gasteiger charge is 2.38. The Bertz CT molecular complexity index is 1020. The number of nitrogens with two attached hydrogens (primary N) is 1. The Kier molecular flexibility index (Phi) is 5.35. The number of anilines is 1. The van der Waals surface area contributed by atoms with Crippen molar-refractivity contribution in [3.63, 3.8) is 0 Å². The van der Waals surface area contributed by atoms with Crippen LogP contribution in [0.25, 0.3) is 10.9 Å². The van der Waals surface area contributed by atoms with Crippen LogP contribution in [0.4, 0.5) is 10.1 Å². The van der Waals surface area contributed by atoms with Gasteiger partial charge in [-0.25, -0.2) is 9.18 Å². The highest BCUT2D eigenvalue weighted by atomic mass is 35.5. The number of nitrogens with zero attached hydrogens (tertiary/aromatic N) is 2. The van der Waals surface area contributed by atoms with Crippen LogP contribution in [0.2, 0.25) is 5.02 Å².